The van der Waals surface area contributed by atoms with Crippen LogP contribution in [0.4, 0.5) is 8.78 Å². The first-order valence-corrected chi connectivity index (χ1v) is 7.67. The molecule has 0 saturated heterocycles. The van der Waals surface area contributed by atoms with Crippen molar-refractivity contribution in [2.75, 3.05) is 13.2 Å². The minimum Gasteiger partial charge on any atom is -0.544 e. The highest BCUT2D eigenvalue weighted by Crippen LogP contribution is 2.57. The van der Waals surface area contributed by atoms with E-state index in [1.54, 1.807) is 0 Å². The SMILES string of the molecule is O=C(COCC(F)(F)C(=O)[O-])OC12CC3CC(CC(C3)C1)C2. The number of hydrogen-bond acceptors (Lipinski definition) is 5. The van der Waals surface area contributed by atoms with Gasteiger partial charge in [-0.2, -0.15) is 8.78 Å². The summed E-state index contributed by atoms with van der Waals surface area (Å²) in [6.07, 6.45) is 6.14. The summed E-state index contributed by atoms with van der Waals surface area (Å²) in [5, 5.41) is 10.1. The van der Waals surface area contributed by atoms with Crippen LogP contribution in [0.2, 0.25) is 0 Å². The molecule has 4 aliphatic rings. The molecule has 4 fully saturated rings. The van der Waals surface area contributed by atoms with Gasteiger partial charge in [-0.25, -0.2) is 4.79 Å². The molecule has 4 rings (SSSR count). The second-order valence-electron chi connectivity index (χ2n) is 7.06. The summed E-state index contributed by atoms with van der Waals surface area (Å²) < 4.78 is 35.6. The first kappa shape index (κ1) is 15.6. The van der Waals surface area contributed by atoms with E-state index < -0.39 is 36.7 Å². The number of carboxylic acid groups (broad SMARTS) is 1. The molecule has 4 bridgehead atoms. The van der Waals surface area contributed by atoms with Gasteiger partial charge in [0.25, 0.3) is 0 Å². The Balaban J connectivity index is 1.49. The molecule has 5 nitrogen and oxygen atoms in total. The zero-order valence-electron chi connectivity index (χ0n) is 12.2. The van der Waals surface area contributed by atoms with Crippen LogP contribution in [0.5, 0.6) is 0 Å². The third kappa shape index (κ3) is 3.09. The van der Waals surface area contributed by atoms with Gasteiger partial charge in [0.2, 0.25) is 0 Å². The molecule has 22 heavy (non-hydrogen) atoms. The predicted molar refractivity (Wildman–Crippen MR) is 67.8 cm³/mol. The Morgan fingerprint density at radius 3 is 2.05 bits per heavy atom. The second-order valence-corrected chi connectivity index (χ2v) is 7.06. The molecule has 0 aromatic heterocycles. The molecule has 0 N–H and O–H groups in total. The standard InChI is InChI=1S/C15H20F2O5/c16-15(17,13(19)20)8-21-7-12(18)22-14-4-9-1-10(5-14)3-11(2-9)6-14/h9-11H,1-8H2,(H,19,20)/p-1. The molecule has 7 heteroatoms. The van der Waals surface area contributed by atoms with Crippen molar-refractivity contribution in [3.63, 3.8) is 0 Å². The molecule has 0 radical (unpaired) electrons. The van der Waals surface area contributed by atoms with Crippen molar-refractivity contribution in [3.05, 3.63) is 0 Å². The van der Waals surface area contributed by atoms with Gasteiger partial charge in [-0.05, 0) is 56.3 Å². The maximum atomic E-state index is 12.8. The van der Waals surface area contributed by atoms with Crippen LogP contribution in [-0.4, -0.2) is 36.7 Å². The van der Waals surface area contributed by atoms with Gasteiger partial charge < -0.3 is 19.4 Å². The highest BCUT2D eigenvalue weighted by molar-refractivity contribution is 5.73. The van der Waals surface area contributed by atoms with Crippen molar-refractivity contribution in [2.45, 2.75) is 50.0 Å². The van der Waals surface area contributed by atoms with Crippen LogP contribution in [0.1, 0.15) is 38.5 Å². The average molecular weight is 317 g/mol. The zero-order chi connectivity index (χ0) is 16.0. The fourth-order valence-corrected chi connectivity index (χ4v) is 4.75. The van der Waals surface area contributed by atoms with E-state index in [0.29, 0.717) is 17.8 Å². The number of rotatable bonds is 6. The molecule has 0 amide bonds. The van der Waals surface area contributed by atoms with Crippen LogP contribution in [-0.2, 0) is 19.1 Å². The molecule has 0 unspecified atom stereocenters. The smallest absolute Gasteiger partial charge is 0.332 e. The number of esters is 1. The number of ether oxygens (including phenoxy) is 2. The molecule has 0 heterocycles. The van der Waals surface area contributed by atoms with Crippen molar-refractivity contribution < 1.29 is 33.0 Å². The number of hydrogen-bond donors (Lipinski definition) is 0. The van der Waals surface area contributed by atoms with E-state index in [9.17, 15) is 23.5 Å². The van der Waals surface area contributed by atoms with Crippen LogP contribution >= 0.6 is 0 Å². The first-order chi connectivity index (χ1) is 10.3. The van der Waals surface area contributed by atoms with Gasteiger partial charge in [0.1, 0.15) is 24.8 Å². The number of alkyl halides is 2. The van der Waals surface area contributed by atoms with Crippen LogP contribution in [0.15, 0.2) is 0 Å². The summed E-state index contributed by atoms with van der Waals surface area (Å²) >= 11 is 0. The highest BCUT2D eigenvalue weighted by Gasteiger charge is 2.53. The van der Waals surface area contributed by atoms with Crippen molar-refractivity contribution in [1.82, 2.24) is 0 Å². The molecular formula is C15H19F2O5-. The summed E-state index contributed by atoms with van der Waals surface area (Å²) in [6, 6.07) is 0. The molecule has 0 spiro atoms. The lowest BCUT2D eigenvalue weighted by atomic mass is 9.54. The quantitative estimate of drug-likeness (QED) is 0.680. The minimum atomic E-state index is -4.10. The Bertz CT molecular complexity index is 441. The van der Waals surface area contributed by atoms with Gasteiger partial charge in [-0.15, -0.1) is 0 Å². The van der Waals surface area contributed by atoms with Crippen LogP contribution in [0.3, 0.4) is 0 Å². The predicted octanol–water partition coefficient (Wildman–Crippen LogP) is 0.900. The summed E-state index contributed by atoms with van der Waals surface area (Å²) in [4.78, 5) is 22.0. The summed E-state index contributed by atoms with van der Waals surface area (Å²) in [7, 11) is 0. The number of aliphatic carboxylic acids is 1. The largest absolute Gasteiger partial charge is 0.544 e. The van der Waals surface area contributed by atoms with E-state index in [-0.39, 0.29) is 0 Å². The molecule has 0 atom stereocenters. The molecule has 4 saturated carbocycles. The molecule has 0 aromatic rings. The Kier molecular flexibility index (Phi) is 3.87. The minimum absolute atomic E-state index is 0.452. The van der Waals surface area contributed by atoms with Crippen molar-refractivity contribution in [1.29, 1.82) is 0 Å². The third-order valence-electron chi connectivity index (χ3n) is 5.11. The van der Waals surface area contributed by atoms with Gasteiger partial charge in [0, 0.05) is 0 Å². The number of carboxylic acids is 1. The summed E-state index contributed by atoms with van der Waals surface area (Å²) in [5.41, 5.74) is -0.452. The lowest BCUT2D eigenvalue weighted by molar-refractivity contribution is -0.332. The Labute approximate surface area is 127 Å². The topological polar surface area (TPSA) is 75.7 Å². The number of halogens is 2. The Morgan fingerprint density at radius 2 is 1.59 bits per heavy atom. The van der Waals surface area contributed by atoms with Crippen molar-refractivity contribution in [2.24, 2.45) is 17.8 Å². The second kappa shape index (κ2) is 5.44. The number of carbonyl (C=O) groups is 2. The maximum Gasteiger partial charge on any atom is 0.332 e. The molecule has 124 valence electrons. The van der Waals surface area contributed by atoms with Crippen LogP contribution in [0.25, 0.3) is 0 Å². The molecule has 0 aliphatic heterocycles. The lowest BCUT2D eigenvalue weighted by Crippen LogP contribution is -2.53. The van der Waals surface area contributed by atoms with Gasteiger partial charge >= 0.3 is 11.9 Å². The van der Waals surface area contributed by atoms with Gasteiger partial charge in [0.15, 0.2) is 0 Å². The average Bonchev–Trinajstić information content (AvgIpc) is 2.35. The third-order valence-corrected chi connectivity index (χ3v) is 5.11. The molecule has 4 aliphatic carbocycles. The van der Waals surface area contributed by atoms with E-state index >= 15 is 0 Å². The van der Waals surface area contributed by atoms with Crippen molar-refractivity contribution >= 4 is 11.9 Å². The number of carbonyl (C=O) groups excluding carboxylic acids is 2. The van der Waals surface area contributed by atoms with Crippen LogP contribution < -0.4 is 5.11 Å². The van der Waals surface area contributed by atoms with Crippen LogP contribution in [0, 0.1) is 17.8 Å². The van der Waals surface area contributed by atoms with E-state index in [1.807, 2.05) is 0 Å². The summed E-state index contributed by atoms with van der Waals surface area (Å²) in [5.74, 6) is -5.51. The first-order valence-electron chi connectivity index (χ1n) is 7.67. The monoisotopic (exact) mass is 317 g/mol. The van der Waals surface area contributed by atoms with E-state index in [2.05, 4.69) is 4.74 Å². The fraction of sp³-hybridized carbons (Fsp3) is 0.867. The van der Waals surface area contributed by atoms with Gasteiger partial charge in [-0.3, -0.25) is 0 Å². The fourth-order valence-electron chi connectivity index (χ4n) is 4.75. The normalized spacial score (nSPS) is 36.4. The Morgan fingerprint density at radius 1 is 1.09 bits per heavy atom. The lowest BCUT2D eigenvalue weighted by Gasteiger charge is -2.55. The molecule has 0 aromatic carbocycles. The summed E-state index contributed by atoms with van der Waals surface area (Å²) in [6.45, 7) is -2.05. The van der Waals surface area contributed by atoms with E-state index in [4.69, 9.17) is 4.74 Å². The Hall–Kier alpha value is -1.24. The molecular weight excluding hydrogens is 298 g/mol. The van der Waals surface area contributed by atoms with E-state index in [1.165, 1.54) is 19.3 Å². The van der Waals surface area contributed by atoms with Gasteiger partial charge in [-0.1, -0.05) is 0 Å². The van der Waals surface area contributed by atoms with E-state index in [0.717, 1.165) is 19.3 Å². The highest BCUT2D eigenvalue weighted by atomic mass is 19.3. The van der Waals surface area contributed by atoms with Crippen molar-refractivity contribution in [3.8, 4) is 0 Å². The zero-order valence-corrected chi connectivity index (χ0v) is 12.2. The van der Waals surface area contributed by atoms with Gasteiger partial charge in [0.05, 0.1) is 0 Å². The maximum absolute atomic E-state index is 12.8.